The molecule has 1 fully saturated rings. The van der Waals surface area contributed by atoms with Crippen LogP contribution in [0.2, 0.25) is 0 Å². The van der Waals surface area contributed by atoms with Gasteiger partial charge >= 0.3 is 0 Å². The molecule has 0 amide bonds. The second kappa shape index (κ2) is 8.25. The van der Waals surface area contributed by atoms with E-state index in [1.54, 1.807) is 7.11 Å². The van der Waals surface area contributed by atoms with Crippen LogP contribution in [0.3, 0.4) is 0 Å². The Hall–Kier alpha value is -2.86. The van der Waals surface area contributed by atoms with E-state index < -0.39 is 0 Å². The topological polar surface area (TPSA) is 42.3 Å². The van der Waals surface area contributed by atoms with Crippen molar-refractivity contribution in [1.29, 1.82) is 0 Å². The van der Waals surface area contributed by atoms with Crippen molar-refractivity contribution in [2.75, 3.05) is 7.11 Å². The third kappa shape index (κ3) is 3.98. The third-order valence-electron chi connectivity index (χ3n) is 5.38. The maximum atomic E-state index is 5.76. The van der Waals surface area contributed by atoms with Crippen LogP contribution < -0.4 is 10.1 Å². The van der Waals surface area contributed by atoms with Crippen LogP contribution in [-0.4, -0.2) is 26.7 Å². The summed E-state index contributed by atoms with van der Waals surface area (Å²) >= 11 is 5.76. The smallest absolute Gasteiger partial charge is 0.170 e. The molecule has 3 aromatic rings. The summed E-state index contributed by atoms with van der Waals surface area (Å²) in [7, 11) is 1.68. The first-order valence-corrected chi connectivity index (χ1v) is 10.3. The van der Waals surface area contributed by atoms with Crippen molar-refractivity contribution in [3.63, 3.8) is 0 Å². The fourth-order valence-corrected chi connectivity index (χ4v) is 4.10. The van der Waals surface area contributed by atoms with Crippen molar-refractivity contribution < 1.29 is 4.74 Å². The van der Waals surface area contributed by atoms with Gasteiger partial charge in [-0.25, -0.2) is 0 Å². The molecule has 3 heterocycles. The number of methoxy groups -OCH3 is 1. The van der Waals surface area contributed by atoms with Gasteiger partial charge in [-0.15, -0.1) is 0 Å². The SMILES string of the molecule is COc1ccc(CN2C(=S)N[C@@H](c3ccccn3)[C@H]2c2ccn(C(C)C)c2)cc1. The van der Waals surface area contributed by atoms with E-state index in [1.807, 2.05) is 30.5 Å². The van der Waals surface area contributed by atoms with Crippen molar-refractivity contribution in [2.24, 2.45) is 0 Å². The Labute approximate surface area is 177 Å². The summed E-state index contributed by atoms with van der Waals surface area (Å²) in [6.45, 7) is 5.09. The molecule has 0 radical (unpaired) electrons. The molecule has 0 unspecified atom stereocenters. The van der Waals surface area contributed by atoms with E-state index in [-0.39, 0.29) is 12.1 Å². The molecule has 29 heavy (non-hydrogen) atoms. The summed E-state index contributed by atoms with van der Waals surface area (Å²) in [4.78, 5) is 6.87. The Morgan fingerprint density at radius 2 is 1.93 bits per heavy atom. The van der Waals surface area contributed by atoms with E-state index in [9.17, 15) is 0 Å². The summed E-state index contributed by atoms with van der Waals surface area (Å²) in [6.07, 6.45) is 6.20. The van der Waals surface area contributed by atoms with E-state index in [2.05, 4.69) is 70.3 Å². The van der Waals surface area contributed by atoms with Gasteiger partial charge in [-0.05, 0) is 67.5 Å². The predicted octanol–water partition coefficient (Wildman–Crippen LogP) is 4.65. The first-order chi connectivity index (χ1) is 14.1. The van der Waals surface area contributed by atoms with Gasteiger partial charge < -0.3 is 19.5 Å². The van der Waals surface area contributed by atoms with E-state index in [0.29, 0.717) is 6.04 Å². The largest absolute Gasteiger partial charge is 0.497 e. The molecule has 1 N–H and O–H groups in total. The van der Waals surface area contributed by atoms with Gasteiger partial charge in [0.1, 0.15) is 5.75 Å². The lowest BCUT2D eigenvalue weighted by Crippen LogP contribution is -2.29. The van der Waals surface area contributed by atoms with E-state index in [4.69, 9.17) is 17.0 Å². The van der Waals surface area contributed by atoms with Gasteiger partial charge in [-0.1, -0.05) is 18.2 Å². The number of hydrogen-bond acceptors (Lipinski definition) is 3. The van der Waals surface area contributed by atoms with Crippen molar-refractivity contribution in [1.82, 2.24) is 19.8 Å². The minimum atomic E-state index is 0.00459. The summed E-state index contributed by atoms with van der Waals surface area (Å²) < 4.78 is 7.52. The Balaban J connectivity index is 1.69. The maximum absolute atomic E-state index is 5.76. The molecule has 2 aromatic heterocycles. The lowest BCUT2D eigenvalue weighted by Gasteiger charge is -2.27. The number of pyridine rings is 1. The van der Waals surface area contributed by atoms with Gasteiger partial charge in [0.25, 0.3) is 0 Å². The summed E-state index contributed by atoms with van der Waals surface area (Å²) in [5.74, 6) is 0.854. The van der Waals surface area contributed by atoms with Crippen molar-refractivity contribution in [3.05, 3.63) is 83.9 Å². The highest BCUT2D eigenvalue weighted by atomic mass is 32.1. The average molecular weight is 407 g/mol. The van der Waals surface area contributed by atoms with Crippen LogP contribution in [0.1, 0.15) is 48.8 Å². The zero-order chi connectivity index (χ0) is 20.4. The van der Waals surface area contributed by atoms with Crippen molar-refractivity contribution in [3.8, 4) is 5.75 Å². The normalized spacial score (nSPS) is 18.9. The van der Waals surface area contributed by atoms with Gasteiger partial charge in [-0.2, -0.15) is 0 Å². The van der Waals surface area contributed by atoms with Gasteiger partial charge in [0.05, 0.1) is 24.9 Å². The number of rotatable bonds is 6. The van der Waals surface area contributed by atoms with Crippen LogP contribution in [0.25, 0.3) is 0 Å². The predicted molar refractivity (Wildman–Crippen MR) is 119 cm³/mol. The van der Waals surface area contributed by atoms with Crippen molar-refractivity contribution in [2.45, 2.75) is 38.5 Å². The van der Waals surface area contributed by atoms with Crippen molar-refractivity contribution >= 4 is 17.3 Å². The lowest BCUT2D eigenvalue weighted by molar-refractivity contribution is 0.310. The quantitative estimate of drug-likeness (QED) is 0.604. The minimum Gasteiger partial charge on any atom is -0.497 e. The van der Waals surface area contributed by atoms with Gasteiger partial charge in [0.2, 0.25) is 0 Å². The second-order valence-corrected chi connectivity index (χ2v) is 7.98. The Morgan fingerprint density at radius 3 is 2.55 bits per heavy atom. The Bertz CT molecular complexity index is 968. The number of nitrogens with zero attached hydrogens (tertiary/aromatic N) is 3. The highest BCUT2D eigenvalue weighted by molar-refractivity contribution is 7.80. The van der Waals surface area contributed by atoms with Gasteiger partial charge in [0.15, 0.2) is 5.11 Å². The highest BCUT2D eigenvalue weighted by Crippen LogP contribution is 2.39. The zero-order valence-corrected chi connectivity index (χ0v) is 17.8. The Morgan fingerprint density at radius 1 is 1.14 bits per heavy atom. The number of ether oxygens (including phenoxy) is 1. The number of benzene rings is 1. The molecule has 0 aliphatic carbocycles. The van der Waals surface area contributed by atoms with Crippen LogP contribution in [0, 0.1) is 0 Å². The lowest BCUT2D eigenvalue weighted by atomic mass is 9.98. The third-order valence-corrected chi connectivity index (χ3v) is 5.74. The van der Waals surface area contributed by atoms with Crippen LogP contribution in [-0.2, 0) is 6.54 Å². The van der Waals surface area contributed by atoms with E-state index >= 15 is 0 Å². The molecule has 1 aliphatic heterocycles. The molecule has 0 saturated carbocycles. The molecular formula is C23H26N4OS. The van der Waals surface area contributed by atoms with Crippen LogP contribution in [0.5, 0.6) is 5.75 Å². The van der Waals surface area contributed by atoms with Crippen LogP contribution in [0.15, 0.2) is 67.1 Å². The molecule has 2 atom stereocenters. The maximum Gasteiger partial charge on any atom is 0.170 e. The van der Waals surface area contributed by atoms with Gasteiger partial charge in [0, 0.05) is 31.2 Å². The molecule has 4 rings (SSSR count). The molecule has 6 heteroatoms. The van der Waals surface area contributed by atoms with Gasteiger partial charge in [-0.3, -0.25) is 4.98 Å². The van der Waals surface area contributed by atoms with E-state index in [1.165, 1.54) is 11.1 Å². The molecule has 1 aromatic carbocycles. The fraction of sp³-hybridized carbons (Fsp3) is 0.304. The first-order valence-electron chi connectivity index (χ1n) is 9.85. The number of aromatic nitrogens is 2. The molecule has 1 saturated heterocycles. The average Bonchev–Trinajstić information content (AvgIpc) is 3.35. The summed E-state index contributed by atoms with van der Waals surface area (Å²) in [5.41, 5.74) is 3.41. The summed E-state index contributed by atoms with van der Waals surface area (Å²) in [6, 6.07) is 16.9. The molecular weight excluding hydrogens is 380 g/mol. The fourth-order valence-electron chi connectivity index (χ4n) is 3.79. The molecule has 5 nitrogen and oxygen atoms in total. The molecule has 0 bridgehead atoms. The molecule has 150 valence electrons. The van der Waals surface area contributed by atoms with Crippen LogP contribution >= 0.6 is 12.2 Å². The first kappa shape index (κ1) is 19.5. The summed E-state index contributed by atoms with van der Waals surface area (Å²) in [5, 5.41) is 4.26. The Kier molecular flexibility index (Phi) is 5.53. The second-order valence-electron chi connectivity index (χ2n) is 7.59. The zero-order valence-electron chi connectivity index (χ0n) is 16.9. The molecule has 1 aliphatic rings. The van der Waals surface area contributed by atoms with Crippen LogP contribution in [0.4, 0.5) is 0 Å². The monoisotopic (exact) mass is 406 g/mol. The minimum absolute atomic E-state index is 0.00459. The number of hydrogen-bond donors (Lipinski definition) is 1. The standard InChI is InChI=1S/C23H26N4OS/c1-16(2)26-13-11-18(15-26)22-21(20-6-4-5-12-24-20)25-23(29)27(22)14-17-7-9-19(28-3)10-8-17/h4-13,15-16,21-22H,14H2,1-3H3,(H,25,29)/t21-,22+/m0/s1. The number of thiocarbonyl (C=S) groups is 1. The highest BCUT2D eigenvalue weighted by Gasteiger charge is 2.40. The number of nitrogens with one attached hydrogen (secondary N) is 1. The molecule has 0 spiro atoms. The van der Waals surface area contributed by atoms with E-state index in [0.717, 1.165) is 23.1 Å².